The van der Waals surface area contributed by atoms with Crippen LogP contribution in [0.3, 0.4) is 0 Å². The molecule has 1 rings (SSSR count). The van der Waals surface area contributed by atoms with Gasteiger partial charge in [-0.25, -0.2) is 10.3 Å². The smallest absolute Gasteiger partial charge is 0.318 e. The first-order valence-electron chi connectivity index (χ1n) is 5.73. The minimum Gasteiger partial charge on any atom is -0.318 e. The zero-order valence-corrected chi connectivity index (χ0v) is 10.7. The van der Waals surface area contributed by atoms with E-state index in [-0.39, 0.29) is 31.8 Å². The Kier molecular flexibility index (Phi) is 5.31. The van der Waals surface area contributed by atoms with Gasteiger partial charge in [-0.1, -0.05) is 0 Å². The van der Waals surface area contributed by atoms with Gasteiger partial charge in [0.05, 0.1) is 0 Å². The summed E-state index contributed by atoms with van der Waals surface area (Å²) in [4.78, 5) is 40.1. The number of rotatable bonds is 6. The van der Waals surface area contributed by atoms with Crippen LogP contribution < -0.4 is 5.48 Å². The molecule has 0 aromatic carbocycles. The molecule has 1 saturated heterocycles. The average Bonchev–Trinajstić information content (AvgIpc) is 2.54. The van der Waals surface area contributed by atoms with Crippen LogP contribution in [0.25, 0.3) is 0 Å². The van der Waals surface area contributed by atoms with Gasteiger partial charge in [0.1, 0.15) is 6.54 Å². The molecule has 0 bridgehead atoms. The number of nitrogens with one attached hydrogen (secondary N) is 1. The lowest BCUT2D eigenvalue weighted by Crippen LogP contribution is -2.34. The van der Waals surface area contributed by atoms with Gasteiger partial charge in [0.25, 0.3) is 0 Å². The molecule has 20 heavy (non-hydrogen) atoms. The first-order chi connectivity index (χ1) is 9.20. The number of hydroxylamine groups is 1. The highest BCUT2D eigenvalue weighted by atomic mass is 19.4. The molecule has 10 heteroatoms. The Morgan fingerprint density at radius 2 is 2.05 bits per heavy atom. The summed E-state index contributed by atoms with van der Waals surface area (Å²) in [5, 5.41) is 0. The quantitative estimate of drug-likeness (QED) is 0.564. The predicted molar refractivity (Wildman–Crippen MR) is 59.1 cm³/mol. The van der Waals surface area contributed by atoms with E-state index in [0.29, 0.717) is 0 Å². The topological polar surface area (TPSA) is 79.0 Å². The summed E-state index contributed by atoms with van der Waals surface area (Å²) in [6, 6.07) is -0.455. The molecule has 0 atom stereocenters. The van der Waals surface area contributed by atoms with Crippen molar-refractivity contribution in [1.29, 1.82) is 0 Å². The minimum absolute atomic E-state index is 0.0142. The Morgan fingerprint density at radius 3 is 2.55 bits per heavy atom. The SMILES string of the molecule is CN1CC(=O)N(CCCC(=O)NOCC(F)(F)F)C1=O. The fraction of sp³-hybridized carbons (Fsp3) is 0.700. The van der Waals surface area contributed by atoms with Crippen molar-refractivity contribution >= 4 is 17.8 Å². The molecular weight excluding hydrogens is 283 g/mol. The third kappa shape index (κ3) is 5.03. The van der Waals surface area contributed by atoms with Gasteiger partial charge < -0.3 is 4.90 Å². The lowest BCUT2D eigenvalue weighted by molar-refractivity contribution is -0.191. The van der Waals surface area contributed by atoms with E-state index in [1.54, 1.807) is 5.48 Å². The Hall–Kier alpha value is -1.84. The van der Waals surface area contributed by atoms with Gasteiger partial charge >= 0.3 is 12.2 Å². The maximum absolute atomic E-state index is 11.7. The maximum atomic E-state index is 11.7. The van der Waals surface area contributed by atoms with Gasteiger partial charge in [-0.15, -0.1) is 0 Å². The fourth-order valence-electron chi connectivity index (χ4n) is 1.54. The number of carbonyl (C=O) groups excluding carboxylic acids is 3. The summed E-state index contributed by atoms with van der Waals surface area (Å²) in [6.45, 7) is -1.55. The van der Waals surface area contributed by atoms with Crippen LogP contribution in [0.15, 0.2) is 0 Å². The van der Waals surface area contributed by atoms with Crippen molar-refractivity contribution in [3.8, 4) is 0 Å². The monoisotopic (exact) mass is 297 g/mol. The number of hydrogen-bond donors (Lipinski definition) is 1. The van der Waals surface area contributed by atoms with Crippen LogP contribution >= 0.6 is 0 Å². The van der Waals surface area contributed by atoms with Crippen LogP contribution in [0, 0.1) is 0 Å². The summed E-state index contributed by atoms with van der Waals surface area (Å²) in [5.41, 5.74) is 1.64. The van der Waals surface area contributed by atoms with Gasteiger partial charge in [-0.2, -0.15) is 13.2 Å². The Balaban J connectivity index is 2.19. The van der Waals surface area contributed by atoms with E-state index in [0.717, 1.165) is 4.90 Å². The van der Waals surface area contributed by atoms with Crippen LogP contribution in [-0.2, 0) is 14.4 Å². The summed E-state index contributed by atoms with van der Waals surface area (Å²) in [6.07, 6.45) is -4.53. The highest BCUT2D eigenvalue weighted by Crippen LogP contribution is 2.13. The van der Waals surface area contributed by atoms with Crippen molar-refractivity contribution in [2.45, 2.75) is 19.0 Å². The van der Waals surface area contributed by atoms with E-state index in [1.807, 2.05) is 0 Å². The summed E-state index contributed by atoms with van der Waals surface area (Å²) >= 11 is 0. The van der Waals surface area contributed by atoms with E-state index in [1.165, 1.54) is 11.9 Å². The van der Waals surface area contributed by atoms with Crippen molar-refractivity contribution < 1.29 is 32.4 Å². The van der Waals surface area contributed by atoms with Crippen molar-refractivity contribution in [3.63, 3.8) is 0 Å². The molecule has 1 fully saturated rings. The molecule has 4 amide bonds. The molecule has 1 aliphatic rings. The van der Waals surface area contributed by atoms with E-state index >= 15 is 0 Å². The molecule has 0 spiro atoms. The van der Waals surface area contributed by atoms with E-state index < -0.39 is 24.7 Å². The zero-order chi connectivity index (χ0) is 15.3. The zero-order valence-electron chi connectivity index (χ0n) is 10.7. The lowest BCUT2D eigenvalue weighted by atomic mass is 10.3. The van der Waals surface area contributed by atoms with Gasteiger partial charge in [-0.3, -0.25) is 19.3 Å². The summed E-state index contributed by atoms with van der Waals surface area (Å²) in [5.74, 6) is -1.12. The van der Waals surface area contributed by atoms with Gasteiger partial charge in [0, 0.05) is 20.0 Å². The van der Waals surface area contributed by atoms with Crippen molar-refractivity contribution in [1.82, 2.24) is 15.3 Å². The molecule has 0 aromatic rings. The second kappa shape index (κ2) is 6.55. The predicted octanol–water partition coefficient (Wildman–Crippen LogP) is 0.271. The van der Waals surface area contributed by atoms with Gasteiger partial charge in [-0.05, 0) is 6.42 Å². The number of hydrogen-bond acceptors (Lipinski definition) is 4. The summed E-state index contributed by atoms with van der Waals surface area (Å²) in [7, 11) is 1.47. The fourth-order valence-corrected chi connectivity index (χ4v) is 1.54. The van der Waals surface area contributed by atoms with E-state index in [2.05, 4.69) is 4.84 Å². The molecule has 114 valence electrons. The maximum Gasteiger partial charge on any atom is 0.414 e. The number of urea groups is 1. The Morgan fingerprint density at radius 1 is 1.40 bits per heavy atom. The standard InChI is InChI=1S/C10H14F3N3O4/c1-15-5-8(18)16(9(15)19)4-2-3-7(17)14-20-6-10(11,12)13/h2-6H2,1H3,(H,14,17). The number of alkyl halides is 3. The van der Waals surface area contributed by atoms with Gasteiger partial charge in [0.15, 0.2) is 6.61 Å². The molecule has 7 nitrogen and oxygen atoms in total. The summed E-state index contributed by atoms with van der Waals surface area (Å²) < 4.78 is 35.2. The average molecular weight is 297 g/mol. The van der Waals surface area contributed by atoms with Crippen LogP contribution in [0.4, 0.5) is 18.0 Å². The van der Waals surface area contributed by atoms with E-state index in [4.69, 9.17) is 0 Å². The number of imide groups is 1. The van der Waals surface area contributed by atoms with Crippen LogP contribution in [0.2, 0.25) is 0 Å². The van der Waals surface area contributed by atoms with Crippen LogP contribution in [0.5, 0.6) is 0 Å². The van der Waals surface area contributed by atoms with Crippen LogP contribution in [-0.4, -0.2) is 60.6 Å². The number of halogens is 3. The number of likely N-dealkylation sites (N-methyl/N-ethyl adjacent to an activating group) is 1. The number of amides is 4. The molecule has 1 aliphatic heterocycles. The van der Waals surface area contributed by atoms with Crippen molar-refractivity contribution in [2.75, 3.05) is 26.7 Å². The third-order valence-electron chi connectivity index (χ3n) is 2.44. The van der Waals surface area contributed by atoms with Gasteiger partial charge in [0.2, 0.25) is 11.8 Å². The molecule has 1 heterocycles. The lowest BCUT2D eigenvalue weighted by Gasteiger charge is -2.13. The van der Waals surface area contributed by atoms with Crippen molar-refractivity contribution in [2.24, 2.45) is 0 Å². The Bertz CT molecular complexity index is 400. The normalized spacial score (nSPS) is 16.0. The first-order valence-corrected chi connectivity index (χ1v) is 5.73. The molecule has 0 unspecified atom stereocenters. The molecule has 0 saturated carbocycles. The number of nitrogens with zero attached hydrogens (tertiary/aromatic N) is 2. The van der Waals surface area contributed by atoms with Crippen LogP contribution in [0.1, 0.15) is 12.8 Å². The number of carbonyl (C=O) groups is 3. The Labute approximate surface area is 112 Å². The molecule has 0 radical (unpaired) electrons. The highest BCUT2D eigenvalue weighted by Gasteiger charge is 2.33. The van der Waals surface area contributed by atoms with E-state index in [9.17, 15) is 27.6 Å². The van der Waals surface area contributed by atoms with Crippen molar-refractivity contribution in [3.05, 3.63) is 0 Å². The second-order valence-corrected chi connectivity index (χ2v) is 4.22. The second-order valence-electron chi connectivity index (χ2n) is 4.22. The highest BCUT2D eigenvalue weighted by molar-refractivity contribution is 6.01. The third-order valence-corrected chi connectivity index (χ3v) is 2.44. The largest absolute Gasteiger partial charge is 0.414 e. The first kappa shape index (κ1) is 16.2. The minimum atomic E-state index is -4.52. The molecular formula is C10H14F3N3O4. The molecule has 1 N–H and O–H groups in total. The molecule has 0 aliphatic carbocycles. The molecule has 0 aromatic heterocycles.